The largest absolute Gasteiger partial charge is 0.511 e. The Morgan fingerprint density at radius 1 is 1.92 bits per heavy atom. The van der Waals surface area contributed by atoms with Crippen LogP contribution in [0.15, 0.2) is 29.6 Å². The highest BCUT2D eigenvalue weighted by Gasteiger charge is 2.06. The van der Waals surface area contributed by atoms with Crippen molar-refractivity contribution >= 4 is 11.1 Å². The van der Waals surface area contributed by atoms with Crippen molar-refractivity contribution in [2.24, 2.45) is 0 Å². The zero-order valence-corrected chi connectivity index (χ0v) is 7.95. The number of hydrogen-bond acceptors (Lipinski definition) is 4. The van der Waals surface area contributed by atoms with Crippen LogP contribution in [-0.2, 0) is 21.8 Å². The van der Waals surface area contributed by atoms with Gasteiger partial charge in [0.15, 0.2) is 5.03 Å². The third kappa shape index (κ3) is 2.67. The van der Waals surface area contributed by atoms with Crippen LogP contribution in [0.5, 0.6) is 0 Å². The molecule has 0 bridgehead atoms. The molecule has 1 rings (SSSR count). The second-order valence-corrected chi connectivity index (χ2v) is 3.54. The van der Waals surface area contributed by atoms with Crippen molar-refractivity contribution in [3.8, 4) is 0 Å². The Labute approximate surface area is 78.3 Å². The molecule has 0 aliphatic heterocycles. The molecule has 0 saturated carbocycles. The van der Waals surface area contributed by atoms with Gasteiger partial charge in [-0.05, 0) is 6.07 Å². The molecule has 1 aromatic rings. The Morgan fingerprint density at radius 3 is 3.15 bits per heavy atom. The number of nitrogens with zero attached hydrogens (tertiary/aromatic N) is 2. The minimum atomic E-state index is -1.53. The van der Waals surface area contributed by atoms with E-state index in [1.807, 2.05) is 0 Å². The Bertz CT molecular complexity index is 334. The maximum absolute atomic E-state index is 11.0. The second-order valence-electron chi connectivity index (χ2n) is 2.32. The molecule has 1 N–H and O–H groups in total. The third-order valence-electron chi connectivity index (χ3n) is 1.28. The van der Waals surface area contributed by atoms with E-state index in [1.165, 1.54) is 11.8 Å². The summed E-state index contributed by atoms with van der Waals surface area (Å²) in [4.78, 5) is 0. The summed E-state index contributed by atoms with van der Waals surface area (Å²) in [6.45, 7) is 3.51. The standard InChI is InChI=1S/C7H10N2O3S/c1-6(10)5-9-4-3-7(8-9)13(11)12-2/h3-4,10H,1,5H2,2H3. The first-order valence-corrected chi connectivity index (χ1v) is 4.57. The zero-order valence-electron chi connectivity index (χ0n) is 7.14. The van der Waals surface area contributed by atoms with Gasteiger partial charge in [-0.15, -0.1) is 0 Å². The fourth-order valence-corrected chi connectivity index (χ4v) is 1.31. The van der Waals surface area contributed by atoms with Crippen molar-refractivity contribution in [1.82, 2.24) is 9.78 Å². The second kappa shape index (κ2) is 4.20. The summed E-state index contributed by atoms with van der Waals surface area (Å²) in [5, 5.41) is 13.1. The van der Waals surface area contributed by atoms with Gasteiger partial charge in [0.2, 0.25) is 11.1 Å². The first-order chi connectivity index (χ1) is 6.13. The molecule has 0 saturated heterocycles. The van der Waals surface area contributed by atoms with Gasteiger partial charge < -0.3 is 5.11 Å². The molecule has 1 aromatic heterocycles. The van der Waals surface area contributed by atoms with Crippen LogP contribution in [0.1, 0.15) is 0 Å². The molecule has 0 amide bonds. The maximum atomic E-state index is 11.0. The monoisotopic (exact) mass is 202 g/mol. The predicted octanol–water partition coefficient (Wildman–Crippen LogP) is 0.624. The van der Waals surface area contributed by atoms with Crippen molar-refractivity contribution in [2.45, 2.75) is 11.6 Å². The summed E-state index contributed by atoms with van der Waals surface area (Å²) in [6, 6.07) is 1.56. The van der Waals surface area contributed by atoms with Crippen LogP contribution in [0.3, 0.4) is 0 Å². The Balaban J connectivity index is 2.74. The van der Waals surface area contributed by atoms with Crippen molar-refractivity contribution < 1.29 is 13.5 Å². The average Bonchev–Trinajstić information content (AvgIpc) is 2.50. The minimum Gasteiger partial charge on any atom is -0.511 e. The van der Waals surface area contributed by atoms with Crippen LogP contribution in [0.25, 0.3) is 0 Å². The highest BCUT2D eigenvalue weighted by molar-refractivity contribution is 7.80. The molecule has 72 valence electrons. The van der Waals surface area contributed by atoms with Gasteiger partial charge in [0, 0.05) is 6.20 Å². The molecular formula is C7H10N2O3S. The predicted molar refractivity (Wildman–Crippen MR) is 47.4 cm³/mol. The average molecular weight is 202 g/mol. The molecule has 13 heavy (non-hydrogen) atoms. The van der Waals surface area contributed by atoms with E-state index in [-0.39, 0.29) is 12.3 Å². The number of hydrogen-bond donors (Lipinski definition) is 1. The lowest BCUT2D eigenvalue weighted by molar-refractivity contribution is 0.368. The van der Waals surface area contributed by atoms with Crippen molar-refractivity contribution in [3.63, 3.8) is 0 Å². The van der Waals surface area contributed by atoms with Gasteiger partial charge >= 0.3 is 0 Å². The van der Waals surface area contributed by atoms with Crippen molar-refractivity contribution in [2.75, 3.05) is 7.11 Å². The van der Waals surface area contributed by atoms with Gasteiger partial charge in [-0.1, -0.05) is 6.58 Å². The number of aliphatic hydroxyl groups is 1. The summed E-state index contributed by atoms with van der Waals surface area (Å²) in [5.41, 5.74) is 0. The lowest BCUT2D eigenvalue weighted by atomic mass is 10.6. The summed E-state index contributed by atoms with van der Waals surface area (Å²) < 4.78 is 17.0. The van der Waals surface area contributed by atoms with Gasteiger partial charge in [0.25, 0.3) is 0 Å². The van der Waals surface area contributed by atoms with Gasteiger partial charge in [-0.3, -0.25) is 8.86 Å². The van der Waals surface area contributed by atoms with Crippen LogP contribution >= 0.6 is 0 Å². The molecule has 6 heteroatoms. The first-order valence-electron chi connectivity index (χ1n) is 3.50. The summed E-state index contributed by atoms with van der Waals surface area (Å²) in [5.74, 6) is -0.00199. The van der Waals surface area contributed by atoms with Crippen LogP contribution in [-0.4, -0.2) is 26.2 Å². The van der Waals surface area contributed by atoms with E-state index >= 15 is 0 Å². The molecule has 0 aliphatic carbocycles. The van der Waals surface area contributed by atoms with E-state index < -0.39 is 11.1 Å². The molecule has 0 spiro atoms. The lowest BCUT2D eigenvalue weighted by Gasteiger charge is -1.97. The van der Waals surface area contributed by atoms with Crippen LogP contribution < -0.4 is 0 Å². The fraction of sp³-hybridized carbons (Fsp3) is 0.286. The van der Waals surface area contributed by atoms with E-state index in [0.717, 1.165) is 0 Å². The van der Waals surface area contributed by atoms with Crippen LogP contribution in [0.2, 0.25) is 0 Å². The molecule has 0 aromatic carbocycles. The molecular weight excluding hydrogens is 192 g/mol. The first kappa shape index (κ1) is 9.94. The van der Waals surface area contributed by atoms with Crippen molar-refractivity contribution in [1.29, 1.82) is 0 Å². The number of aromatic nitrogens is 2. The molecule has 1 heterocycles. The van der Waals surface area contributed by atoms with E-state index in [9.17, 15) is 4.21 Å². The van der Waals surface area contributed by atoms with Crippen molar-refractivity contribution in [3.05, 3.63) is 24.6 Å². The Hall–Kier alpha value is -1.14. The van der Waals surface area contributed by atoms with E-state index in [2.05, 4.69) is 15.9 Å². The number of aliphatic hydroxyl groups excluding tert-OH is 1. The van der Waals surface area contributed by atoms with Gasteiger partial charge in [0.1, 0.15) is 5.76 Å². The molecule has 1 atom stereocenters. The van der Waals surface area contributed by atoms with Crippen LogP contribution in [0, 0.1) is 0 Å². The topological polar surface area (TPSA) is 64.4 Å². The normalized spacial score (nSPS) is 12.7. The highest BCUT2D eigenvalue weighted by atomic mass is 32.2. The molecule has 1 unspecified atom stereocenters. The molecule has 0 radical (unpaired) electrons. The van der Waals surface area contributed by atoms with Crippen LogP contribution in [0.4, 0.5) is 0 Å². The van der Waals surface area contributed by atoms with E-state index in [0.29, 0.717) is 5.03 Å². The Morgan fingerprint density at radius 2 is 2.62 bits per heavy atom. The lowest BCUT2D eigenvalue weighted by Crippen LogP contribution is -2.02. The summed E-state index contributed by atoms with van der Waals surface area (Å²) in [7, 11) is 1.33. The quantitative estimate of drug-likeness (QED) is 0.727. The van der Waals surface area contributed by atoms with Gasteiger partial charge in [-0.2, -0.15) is 5.10 Å². The Kier molecular flexibility index (Phi) is 3.21. The maximum Gasteiger partial charge on any atom is 0.209 e. The highest BCUT2D eigenvalue weighted by Crippen LogP contribution is 2.03. The smallest absolute Gasteiger partial charge is 0.209 e. The molecule has 5 nitrogen and oxygen atoms in total. The van der Waals surface area contributed by atoms with Gasteiger partial charge in [0.05, 0.1) is 13.7 Å². The zero-order chi connectivity index (χ0) is 9.84. The third-order valence-corrected chi connectivity index (χ3v) is 2.14. The number of allylic oxidation sites excluding steroid dienone is 1. The summed E-state index contributed by atoms with van der Waals surface area (Å²) in [6.07, 6.45) is 1.59. The minimum absolute atomic E-state index is 0.00199. The molecule has 0 fully saturated rings. The molecule has 0 aliphatic rings. The SMILES string of the molecule is C=C(O)Cn1ccc(S(=O)OC)n1. The van der Waals surface area contributed by atoms with E-state index in [1.54, 1.807) is 12.3 Å². The van der Waals surface area contributed by atoms with E-state index in [4.69, 9.17) is 5.11 Å². The van der Waals surface area contributed by atoms with Gasteiger partial charge in [-0.25, -0.2) is 4.21 Å². The fourth-order valence-electron chi connectivity index (χ4n) is 0.792. The number of rotatable bonds is 4. The summed E-state index contributed by atoms with van der Waals surface area (Å²) >= 11 is -1.53.